The van der Waals surface area contributed by atoms with Crippen LogP contribution < -0.4 is 0 Å². The molecule has 0 aliphatic carbocycles. The fourth-order valence-corrected chi connectivity index (χ4v) is 10.7. The zero-order valence-electron chi connectivity index (χ0n) is 53.5. The van der Waals surface area contributed by atoms with E-state index in [0.29, 0.717) is 19.3 Å². The Morgan fingerprint density at radius 2 is 0.598 bits per heavy atom. The van der Waals surface area contributed by atoms with Crippen LogP contribution in [0.1, 0.15) is 342 Å². The summed E-state index contributed by atoms with van der Waals surface area (Å²) >= 11 is 0. The number of phosphoric acid groups is 1. The van der Waals surface area contributed by atoms with E-state index in [-0.39, 0.29) is 25.9 Å². The van der Waals surface area contributed by atoms with E-state index < -0.39 is 57.8 Å². The van der Waals surface area contributed by atoms with E-state index >= 15 is 0 Å². The summed E-state index contributed by atoms with van der Waals surface area (Å²) in [4.78, 5) is 48.9. The van der Waals surface area contributed by atoms with Crippen LogP contribution in [0.5, 0.6) is 0 Å². The standard InChI is InChI=1S/C70H129O11P/c1-4-7-10-13-16-19-22-25-28-31-33-36-38-41-44-47-50-53-56-59-68(72)77-63-67(81-70(74)61-58-55-52-49-46-43-40-37-34-32-29-26-23-20-17-14-11-8-5-2)65-79-82(75,76)78-64-66(62-71)80-69(73)60-57-54-51-48-45-42-39-35-30-27-24-21-18-15-12-9-6-3/h17,20,26-27,29-30,34,37,66-67,71H,4-16,18-19,21-25,28,31-33,35-36,38-65H2,1-3H3,(H,75,76)/b20-17-,29-26-,30-27-,37-34-. The van der Waals surface area contributed by atoms with E-state index in [1.165, 1.54) is 186 Å². The number of aliphatic hydroxyl groups is 1. The smallest absolute Gasteiger partial charge is 0.462 e. The number of unbranched alkanes of at least 4 members (excludes halogenated alkanes) is 40. The van der Waals surface area contributed by atoms with Crippen LogP contribution in [0.25, 0.3) is 0 Å². The van der Waals surface area contributed by atoms with Crippen LogP contribution >= 0.6 is 7.82 Å². The molecule has 0 fully saturated rings. The molecule has 11 nitrogen and oxygen atoms in total. The number of allylic oxidation sites excluding steroid dienone is 8. The minimum Gasteiger partial charge on any atom is -0.462 e. The average molecular weight is 1180 g/mol. The summed E-state index contributed by atoms with van der Waals surface area (Å²) in [6.07, 6.45) is 72.0. The molecule has 0 aliphatic heterocycles. The molecule has 2 N–H and O–H groups in total. The lowest BCUT2D eigenvalue weighted by atomic mass is 10.0. The third-order valence-corrected chi connectivity index (χ3v) is 16.2. The Hall–Kier alpha value is -2.56. The van der Waals surface area contributed by atoms with Crippen molar-refractivity contribution in [3.63, 3.8) is 0 Å². The molecule has 0 rings (SSSR count). The quantitative estimate of drug-likeness (QED) is 0.0197. The van der Waals surface area contributed by atoms with Gasteiger partial charge in [0.05, 0.1) is 19.8 Å². The third kappa shape index (κ3) is 62.0. The van der Waals surface area contributed by atoms with Gasteiger partial charge in [-0.3, -0.25) is 23.4 Å². The average Bonchev–Trinajstić information content (AvgIpc) is 3.50. The Morgan fingerprint density at radius 3 is 0.951 bits per heavy atom. The highest BCUT2D eigenvalue weighted by molar-refractivity contribution is 7.47. The number of hydrogen-bond donors (Lipinski definition) is 2. The van der Waals surface area contributed by atoms with Gasteiger partial charge in [0.2, 0.25) is 0 Å². The van der Waals surface area contributed by atoms with Gasteiger partial charge in [-0.1, -0.05) is 288 Å². The molecule has 3 unspecified atom stereocenters. The molecular formula is C70H129O11P. The summed E-state index contributed by atoms with van der Waals surface area (Å²) in [5, 5.41) is 9.87. The molecule has 3 atom stereocenters. The molecule has 0 spiro atoms. The normalized spacial score (nSPS) is 13.5. The lowest BCUT2D eigenvalue weighted by molar-refractivity contribution is -0.161. The van der Waals surface area contributed by atoms with E-state index in [1.54, 1.807) is 0 Å². The number of carbonyl (C=O) groups excluding carboxylic acids is 3. The van der Waals surface area contributed by atoms with Crippen LogP contribution in [-0.2, 0) is 42.2 Å². The van der Waals surface area contributed by atoms with Crippen molar-refractivity contribution < 1.29 is 52.2 Å². The number of hydrogen-bond acceptors (Lipinski definition) is 10. The molecule has 0 aromatic heterocycles. The lowest BCUT2D eigenvalue weighted by Crippen LogP contribution is -2.30. The minimum absolute atomic E-state index is 0.156. The van der Waals surface area contributed by atoms with E-state index in [2.05, 4.69) is 69.4 Å². The van der Waals surface area contributed by atoms with Gasteiger partial charge in [0.25, 0.3) is 0 Å². The van der Waals surface area contributed by atoms with Crippen molar-refractivity contribution in [3.8, 4) is 0 Å². The maximum atomic E-state index is 13.0. The van der Waals surface area contributed by atoms with Crippen molar-refractivity contribution in [1.29, 1.82) is 0 Å². The fourth-order valence-electron chi connectivity index (χ4n) is 9.95. The van der Waals surface area contributed by atoms with Crippen molar-refractivity contribution in [2.45, 2.75) is 354 Å². The predicted molar refractivity (Wildman–Crippen MR) is 344 cm³/mol. The molecule has 12 heteroatoms. The molecule has 480 valence electrons. The van der Waals surface area contributed by atoms with E-state index in [4.69, 9.17) is 23.3 Å². The first-order chi connectivity index (χ1) is 40.2. The number of rotatable bonds is 65. The molecule has 0 radical (unpaired) electrons. The largest absolute Gasteiger partial charge is 0.472 e. The van der Waals surface area contributed by atoms with Crippen LogP contribution in [0.3, 0.4) is 0 Å². The van der Waals surface area contributed by atoms with Gasteiger partial charge in [-0.15, -0.1) is 0 Å². The zero-order chi connectivity index (χ0) is 59.8. The van der Waals surface area contributed by atoms with E-state index in [0.717, 1.165) is 96.3 Å². The predicted octanol–water partition coefficient (Wildman–Crippen LogP) is 21.3. The third-order valence-electron chi connectivity index (χ3n) is 15.2. The van der Waals surface area contributed by atoms with Crippen LogP contribution in [0.15, 0.2) is 48.6 Å². The first-order valence-electron chi connectivity index (χ1n) is 34.5. The summed E-state index contributed by atoms with van der Waals surface area (Å²) in [6, 6.07) is 0. The molecule has 0 bridgehead atoms. The molecule has 0 saturated carbocycles. The first kappa shape index (κ1) is 79.4. The van der Waals surface area contributed by atoms with Crippen LogP contribution in [-0.4, -0.2) is 66.5 Å². The number of carbonyl (C=O) groups is 3. The van der Waals surface area contributed by atoms with Gasteiger partial charge in [-0.05, 0) is 83.5 Å². The number of ether oxygens (including phenoxy) is 3. The molecular weight excluding hydrogens is 1050 g/mol. The van der Waals surface area contributed by atoms with Gasteiger partial charge in [-0.25, -0.2) is 4.57 Å². The van der Waals surface area contributed by atoms with E-state index in [9.17, 15) is 28.9 Å². The molecule has 0 saturated heterocycles. The van der Waals surface area contributed by atoms with Crippen molar-refractivity contribution in [1.82, 2.24) is 0 Å². The highest BCUT2D eigenvalue weighted by atomic mass is 31.2. The monoisotopic (exact) mass is 1180 g/mol. The number of esters is 3. The van der Waals surface area contributed by atoms with Crippen molar-refractivity contribution in [3.05, 3.63) is 48.6 Å². The molecule has 0 aromatic rings. The molecule has 0 aromatic carbocycles. The van der Waals surface area contributed by atoms with Gasteiger partial charge >= 0.3 is 25.7 Å². The van der Waals surface area contributed by atoms with Crippen LogP contribution in [0.2, 0.25) is 0 Å². The Bertz CT molecular complexity index is 1560. The van der Waals surface area contributed by atoms with Crippen LogP contribution in [0.4, 0.5) is 0 Å². The van der Waals surface area contributed by atoms with Crippen molar-refractivity contribution in [2.75, 3.05) is 26.4 Å². The summed E-state index contributed by atoms with van der Waals surface area (Å²) in [6.45, 7) is 4.68. The van der Waals surface area contributed by atoms with E-state index in [1.807, 2.05) is 0 Å². The van der Waals surface area contributed by atoms with Gasteiger partial charge in [-0.2, -0.15) is 0 Å². The number of aliphatic hydroxyl groups excluding tert-OH is 1. The van der Waals surface area contributed by atoms with Crippen LogP contribution in [0, 0.1) is 0 Å². The van der Waals surface area contributed by atoms with Gasteiger partial charge in [0.15, 0.2) is 6.10 Å². The minimum atomic E-state index is -4.76. The molecule has 82 heavy (non-hydrogen) atoms. The Kier molecular flexibility index (Phi) is 62.4. The summed E-state index contributed by atoms with van der Waals surface area (Å²) in [5.41, 5.74) is 0. The Morgan fingerprint density at radius 1 is 0.341 bits per heavy atom. The Labute approximate surface area is 504 Å². The maximum Gasteiger partial charge on any atom is 0.472 e. The van der Waals surface area contributed by atoms with Gasteiger partial charge in [0, 0.05) is 19.3 Å². The fraction of sp³-hybridized carbons (Fsp3) is 0.843. The van der Waals surface area contributed by atoms with Gasteiger partial charge in [0.1, 0.15) is 12.7 Å². The maximum absolute atomic E-state index is 13.0. The van der Waals surface area contributed by atoms with Gasteiger partial charge < -0.3 is 24.2 Å². The first-order valence-corrected chi connectivity index (χ1v) is 36.0. The summed E-state index contributed by atoms with van der Waals surface area (Å²) in [7, 11) is -4.76. The molecule has 0 amide bonds. The highest BCUT2D eigenvalue weighted by Gasteiger charge is 2.28. The second kappa shape index (κ2) is 64.4. The molecule has 0 heterocycles. The summed E-state index contributed by atoms with van der Waals surface area (Å²) in [5.74, 6) is -1.46. The lowest BCUT2D eigenvalue weighted by Gasteiger charge is -2.21. The number of phosphoric ester groups is 1. The van der Waals surface area contributed by atoms with Crippen molar-refractivity contribution in [2.24, 2.45) is 0 Å². The highest BCUT2D eigenvalue weighted by Crippen LogP contribution is 2.43. The zero-order valence-corrected chi connectivity index (χ0v) is 54.4. The van der Waals surface area contributed by atoms with Crippen molar-refractivity contribution >= 4 is 25.7 Å². The second-order valence-corrected chi connectivity index (χ2v) is 24.8. The summed E-state index contributed by atoms with van der Waals surface area (Å²) < 4.78 is 39.8. The Balaban J connectivity index is 4.68. The topological polar surface area (TPSA) is 155 Å². The SMILES string of the molecule is CCCCC/C=C\C/C=C\C/C=C\CCCCCCCCC(=O)OC(COC(=O)CCCCCCCCCCCCCCCCCCCCC)COP(=O)(O)OCC(CO)OC(=O)CCCCCCCCC/C=C\CCCCCCCC. The molecule has 0 aliphatic rings. The second-order valence-electron chi connectivity index (χ2n) is 23.3.